The fraction of sp³-hybridized carbons (Fsp3) is 0.0952. The van der Waals surface area contributed by atoms with Crippen molar-refractivity contribution in [1.29, 1.82) is 0 Å². The molecule has 0 radical (unpaired) electrons. The summed E-state index contributed by atoms with van der Waals surface area (Å²) in [6.45, 7) is 0. The minimum Gasteiger partial charge on any atom is -0.292 e. The summed E-state index contributed by atoms with van der Waals surface area (Å²) in [6.07, 6.45) is 1.55. The topological polar surface area (TPSA) is 56.9 Å². The van der Waals surface area contributed by atoms with E-state index in [0.29, 0.717) is 21.5 Å². The molecule has 2 aromatic heterocycles. The van der Waals surface area contributed by atoms with Crippen molar-refractivity contribution in [2.75, 3.05) is 0 Å². The molecule has 1 unspecified atom stereocenters. The first-order valence-corrected chi connectivity index (χ1v) is 9.46. The van der Waals surface area contributed by atoms with E-state index in [1.165, 1.54) is 11.8 Å². The van der Waals surface area contributed by atoms with Gasteiger partial charge < -0.3 is 0 Å². The summed E-state index contributed by atoms with van der Waals surface area (Å²) in [6, 6.07) is 19.1. The van der Waals surface area contributed by atoms with Crippen LogP contribution in [-0.4, -0.2) is 20.1 Å². The molecule has 132 valence electrons. The summed E-state index contributed by atoms with van der Waals surface area (Å²) < 4.78 is 3.27. The smallest absolute Gasteiger partial charge is 0.267 e. The summed E-state index contributed by atoms with van der Waals surface area (Å²) in [7, 11) is 1.77. The molecule has 0 bridgehead atoms. The van der Waals surface area contributed by atoms with Crippen LogP contribution in [-0.2, 0) is 7.05 Å². The number of para-hydroxylation sites is 1. The van der Waals surface area contributed by atoms with Crippen molar-refractivity contribution in [3.8, 4) is 5.69 Å². The van der Waals surface area contributed by atoms with Crippen molar-refractivity contribution in [2.24, 2.45) is 7.05 Å². The van der Waals surface area contributed by atoms with E-state index < -0.39 is 0 Å². The fourth-order valence-corrected chi connectivity index (χ4v) is 4.96. The Bertz CT molecular complexity index is 1240. The Morgan fingerprint density at radius 1 is 0.963 bits per heavy atom. The minimum absolute atomic E-state index is 0.0134. The number of pyridine rings is 1. The third kappa shape index (κ3) is 2.30. The summed E-state index contributed by atoms with van der Waals surface area (Å²) >= 11 is 1.43. The van der Waals surface area contributed by atoms with Crippen LogP contribution in [0.1, 0.15) is 21.2 Å². The highest BCUT2D eigenvalue weighted by Crippen LogP contribution is 2.48. The number of rotatable bonds is 2. The number of carbonyl (C=O) groups is 1. The van der Waals surface area contributed by atoms with E-state index in [4.69, 9.17) is 0 Å². The maximum Gasteiger partial charge on any atom is 0.267 e. The SMILES string of the molecule is Cn1ncc2c(=O)n(-c3ccccc3)c3c(c21)C(=O)C(c1ccccc1)S3. The fourth-order valence-electron chi connectivity index (χ4n) is 3.61. The predicted octanol–water partition coefficient (Wildman–Crippen LogP) is 3.75. The number of fused-ring (bicyclic) bond motifs is 3. The number of nitrogens with zero attached hydrogens (tertiary/aromatic N) is 3. The van der Waals surface area contributed by atoms with Crippen LogP contribution in [0.4, 0.5) is 0 Å². The van der Waals surface area contributed by atoms with Gasteiger partial charge in [0, 0.05) is 12.7 Å². The van der Waals surface area contributed by atoms with Gasteiger partial charge in [0.2, 0.25) is 0 Å². The molecule has 0 fully saturated rings. The van der Waals surface area contributed by atoms with E-state index in [-0.39, 0.29) is 16.6 Å². The molecule has 0 spiro atoms. The van der Waals surface area contributed by atoms with Crippen LogP contribution in [0.3, 0.4) is 0 Å². The van der Waals surface area contributed by atoms with Gasteiger partial charge in [0.25, 0.3) is 5.56 Å². The highest BCUT2D eigenvalue weighted by Gasteiger charge is 2.38. The quantitative estimate of drug-likeness (QED) is 0.537. The maximum atomic E-state index is 13.4. The molecule has 0 saturated heterocycles. The molecule has 3 heterocycles. The minimum atomic E-state index is -0.365. The zero-order valence-electron chi connectivity index (χ0n) is 14.5. The lowest BCUT2D eigenvalue weighted by Crippen LogP contribution is -2.21. The molecule has 5 nitrogen and oxygen atoms in total. The van der Waals surface area contributed by atoms with Crippen molar-refractivity contribution < 1.29 is 4.79 Å². The van der Waals surface area contributed by atoms with Crippen molar-refractivity contribution in [3.63, 3.8) is 0 Å². The molecule has 0 aliphatic carbocycles. The van der Waals surface area contributed by atoms with E-state index in [9.17, 15) is 9.59 Å². The number of Topliss-reactive ketones (excluding diaryl/α,β-unsaturated/α-hetero) is 1. The van der Waals surface area contributed by atoms with Crippen LogP contribution in [0, 0.1) is 0 Å². The van der Waals surface area contributed by atoms with Crippen LogP contribution in [0.2, 0.25) is 0 Å². The number of aryl methyl sites for hydroxylation is 1. The van der Waals surface area contributed by atoms with Gasteiger partial charge in [0.05, 0.1) is 32.9 Å². The molecule has 2 aromatic carbocycles. The van der Waals surface area contributed by atoms with E-state index in [1.807, 2.05) is 60.7 Å². The molecule has 1 atom stereocenters. The lowest BCUT2D eigenvalue weighted by atomic mass is 10.0. The zero-order chi connectivity index (χ0) is 18.5. The van der Waals surface area contributed by atoms with Gasteiger partial charge in [-0.15, -0.1) is 0 Å². The van der Waals surface area contributed by atoms with E-state index in [1.54, 1.807) is 22.5 Å². The second-order valence-electron chi connectivity index (χ2n) is 6.46. The second kappa shape index (κ2) is 5.96. The van der Waals surface area contributed by atoms with Gasteiger partial charge in [0.1, 0.15) is 0 Å². The van der Waals surface area contributed by atoms with Crippen LogP contribution < -0.4 is 5.56 Å². The van der Waals surface area contributed by atoms with Crippen molar-refractivity contribution in [1.82, 2.24) is 14.3 Å². The largest absolute Gasteiger partial charge is 0.292 e. The molecule has 0 N–H and O–H groups in total. The lowest BCUT2D eigenvalue weighted by Gasteiger charge is -2.12. The normalized spacial score (nSPS) is 16.0. The number of aromatic nitrogens is 3. The third-order valence-electron chi connectivity index (χ3n) is 4.86. The monoisotopic (exact) mass is 373 g/mol. The molecule has 1 aliphatic heterocycles. The van der Waals surface area contributed by atoms with E-state index in [2.05, 4.69) is 5.10 Å². The first-order chi connectivity index (χ1) is 13.2. The lowest BCUT2D eigenvalue weighted by molar-refractivity contribution is 0.0992. The van der Waals surface area contributed by atoms with Gasteiger partial charge in [0.15, 0.2) is 5.78 Å². The Kier molecular flexibility index (Phi) is 3.55. The second-order valence-corrected chi connectivity index (χ2v) is 7.55. The molecule has 0 saturated carbocycles. The van der Waals surface area contributed by atoms with Crippen molar-refractivity contribution in [3.05, 3.63) is 88.3 Å². The number of benzene rings is 2. The number of hydrogen-bond acceptors (Lipinski definition) is 4. The highest BCUT2D eigenvalue weighted by molar-refractivity contribution is 8.00. The average Bonchev–Trinajstić information content (AvgIpc) is 3.24. The van der Waals surface area contributed by atoms with Crippen LogP contribution >= 0.6 is 11.8 Å². The highest BCUT2D eigenvalue weighted by atomic mass is 32.2. The Morgan fingerprint density at radius 2 is 1.63 bits per heavy atom. The molecule has 1 aliphatic rings. The van der Waals surface area contributed by atoms with Gasteiger partial charge in [-0.3, -0.25) is 18.8 Å². The van der Waals surface area contributed by atoms with Crippen molar-refractivity contribution in [2.45, 2.75) is 10.3 Å². The van der Waals surface area contributed by atoms with Crippen LogP contribution in [0.15, 0.2) is 76.7 Å². The number of hydrogen-bond donors (Lipinski definition) is 0. The van der Waals surface area contributed by atoms with E-state index in [0.717, 1.165) is 11.3 Å². The first kappa shape index (κ1) is 16.1. The molecule has 27 heavy (non-hydrogen) atoms. The average molecular weight is 373 g/mol. The van der Waals surface area contributed by atoms with Gasteiger partial charge >= 0.3 is 0 Å². The standard InChI is InChI=1S/C21H15N3O2S/c1-23-17-15(12-22-23)20(26)24(14-10-6-3-7-11-14)21-16(17)18(25)19(27-21)13-8-4-2-5-9-13/h2-12,19H,1H3. The molecule has 5 rings (SSSR count). The Balaban J connectivity index is 1.85. The molecular weight excluding hydrogens is 358 g/mol. The Hall–Kier alpha value is -3.12. The Morgan fingerprint density at radius 3 is 2.33 bits per heavy atom. The predicted molar refractivity (Wildman–Crippen MR) is 106 cm³/mol. The summed E-state index contributed by atoms with van der Waals surface area (Å²) in [5.41, 5.74) is 2.71. The van der Waals surface area contributed by atoms with Crippen LogP contribution in [0.25, 0.3) is 16.6 Å². The number of ketones is 1. The van der Waals surface area contributed by atoms with Gasteiger partial charge in [-0.1, -0.05) is 60.3 Å². The molecular formula is C21H15N3O2S. The van der Waals surface area contributed by atoms with Crippen LogP contribution in [0.5, 0.6) is 0 Å². The molecule has 0 amide bonds. The van der Waals surface area contributed by atoms with E-state index >= 15 is 0 Å². The first-order valence-electron chi connectivity index (χ1n) is 8.59. The molecule has 4 aromatic rings. The van der Waals surface area contributed by atoms with Gasteiger partial charge in [-0.05, 0) is 17.7 Å². The summed E-state index contributed by atoms with van der Waals surface area (Å²) in [5, 5.41) is 5.02. The number of thioether (sulfide) groups is 1. The van der Waals surface area contributed by atoms with Crippen molar-refractivity contribution >= 4 is 28.4 Å². The Labute approximate surface area is 159 Å². The summed E-state index contributed by atoms with van der Waals surface area (Å²) in [5.74, 6) is 0.0134. The summed E-state index contributed by atoms with van der Waals surface area (Å²) in [4.78, 5) is 26.6. The van der Waals surface area contributed by atoms with Gasteiger partial charge in [-0.25, -0.2) is 0 Å². The maximum absolute atomic E-state index is 13.4. The zero-order valence-corrected chi connectivity index (χ0v) is 15.3. The number of carbonyl (C=O) groups excluding carboxylic acids is 1. The van der Waals surface area contributed by atoms with Gasteiger partial charge in [-0.2, -0.15) is 5.10 Å². The molecule has 6 heteroatoms. The third-order valence-corrected chi connectivity index (χ3v) is 6.19.